The molecule has 0 saturated carbocycles. The van der Waals surface area contributed by atoms with Crippen molar-refractivity contribution < 1.29 is 9.53 Å². The highest BCUT2D eigenvalue weighted by atomic mass is 32.1. The second kappa shape index (κ2) is 8.35. The van der Waals surface area contributed by atoms with Crippen molar-refractivity contribution >= 4 is 40.0 Å². The van der Waals surface area contributed by atoms with E-state index in [-0.39, 0.29) is 16.9 Å². The van der Waals surface area contributed by atoms with Crippen molar-refractivity contribution in [2.24, 2.45) is 5.92 Å². The molecule has 0 aliphatic rings. The molecule has 0 atom stereocenters. The summed E-state index contributed by atoms with van der Waals surface area (Å²) in [6.07, 6.45) is 0. The number of aromatic nitrogens is 3. The third-order valence-electron chi connectivity index (χ3n) is 4.11. The van der Waals surface area contributed by atoms with Gasteiger partial charge in [-0.1, -0.05) is 13.8 Å². The summed E-state index contributed by atoms with van der Waals surface area (Å²) in [6.45, 7) is 8.15. The first-order chi connectivity index (χ1) is 13.4. The van der Waals surface area contributed by atoms with Crippen molar-refractivity contribution in [3.63, 3.8) is 0 Å². The van der Waals surface area contributed by atoms with Crippen LogP contribution in [-0.2, 0) is 4.79 Å². The van der Waals surface area contributed by atoms with Gasteiger partial charge in [0.1, 0.15) is 16.8 Å². The van der Waals surface area contributed by atoms with E-state index in [4.69, 9.17) is 17.0 Å². The van der Waals surface area contributed by atoms with Gasteiger partial charge in [-0.2, -0.15) is 4.80 Å². The molecule has 3 aromatic rings. The van der Waals surface area contributed by atoms with E-state index in [0.717, 1.165) is 33.7 Å². The first-order valence-electron chi connectivity index (χ1n) is 9.10. The van der Waals surface area contributed by atoms with Gasteiger partial charge in [-0.05, 0) is 68.0 Å². The highest BCUT2D eigenvalue weighted by molar-refractivity contribution is 7.80. The van der Waals surface area contributed by atoms with Gasteiger partial charge < -0.3 is 15.4 Å². The molecule has 0 saturated heterocycles. The minimum Gasteiger partial charge on any atom is -0.494 e. The van der Waals surface area contributed by atoms with E-state index < -0.39 is 0 Å². The molecule has 3 rings (SSSR count). The van der Waals surface area contributed by atoms with Crippen LogP contribution in [0.4, 0.5) is 5.69 Å². The number of nitrogens with one attached hydrogen (secondary N) is 2. The summed E-state index contributed by atoms with van der Waals surface area (Å²) < 4.78 is 5.47. The average molecular weight is 398 g/mol. The molecule has 0 aliphatic heterocycles. The number of nitrogens with zero attached hydrogens (tertiary/aromatic N) is 3. The Bertz CT molecular complexity index is 1010. The molecule has 0 aliphatic carbocycles. The number of fused-ring (bicyclic) bond motifs is 1. The fraction of sp³-hybridized carbons (Fsp3) is 0.300. The highest BCUT2D eigenvalue weighted by Crippen LogP contribution is 2.23. The summed E-state index contributed by atoms with van der Waals surface area (Å²) in [5.74, 6) is 0.539. The van der Waals surface area contributed by atoms with Crippen LogP contribution in [0.1, 0.15) is 26.3 Å². The number of hydrogen-bond donors (Lipinski definition) is 2. The predicted octanol–water partition coefficient (Wildman–Crippen LogP) is 3.60. The van der Waals surface area contributed by atoms with Gasteiger partial charge >= 0.3 is 0 Å². The lowest BCUT2D eigenvalue weighted by Crippen LogP contribution is -2.36. The summed E-state index contributed by atoms with van der Waals surface area (Å²) in [7, 11) is 0. The molecule has 2 N–H and O–H groups in total. The maximum Gasteiger partial charge on any atom is 0.228 e. The van der Waals surface area contributed by atoms with Crippen LogP contribution in [0.15, 0.2) is 36.4 Å². The summed E-state index contributed by atoms with van der Waals surface area (Å²) >= 11 is 5.23. The van der Waals surface area contributed by atoms with Crippen LogP contribution in [0.5, 0.6) is 5.75 Å². The number of anilines is 1. The highest BCUT2D eigenvalue weighted by Gasteiger charge is 2.12. The lowest BCUT2D eigenvalue weighted by atomic mass is 10.2. The third kappa shape index (κ3) is 4.45. The van der Waals surface area contributed by atoms with E-state index in [2.05, 4.69) is 20.8 Å². The number of aryl methyl sites for hydroxylation is 1. The smallest absolute Gasteiger partial charge is 0.228 e. The molecular formula is C20H23N5O2S. The van der Waals surface area contributed by atoms with Gasteiger partial charge in [-0.15, -0.1) is 10.2 Å². The second-order valence-electron chi connectivity index (χ2n) is 6.67. The number of carbonyl (C=O) groups is 1. The first kappa shape index (κ1) is 19.8. The Labute approximate surface area is 169 Å². The Hall–Kier alpha value is -3.00. The lowest BCUT2D eigenvalue weighted by molar-refractivity contribution is -0.122. The fourth-order valence-electron chi connectivity index (χ4n) is 2.57. The zero-order valence-corrected chi connectivity index (χ0v) is 17.1. The van der Waals surface area contributed by atoms with Gasteiger partial charge in [0.2, 0.25) is 5.91 Å². The van der Waals surface area contributed by atoms with E-state index in [1.165, 1.54) is 0 Å². The Morgan fingerprint density at radius 3 is 2.43 bits per heavy atom. The number of rotatable bonds is 5. The first-order valence-corrected chi connectivity index (χ1v) is 9.51. The van der Waals surface area contributed by atoms with E-state index in [1.807, 2.05) is 64.1 Å². The van der Waals surface area contributed by atoms with Crippen molar-refractivity contribution in [1.82, 2.24) is 20.3 Å². The fourth-order valence-corrected chi connectivity index (χ4v) is 2.78. The van der Waals surface area contributed by atoms with Crippen LogP contribution in [0, 0.1) is 12.8 Å². The molecule has 2 aromatic carbocycles. The van der Waals surface area contributed by atoms with Gasteiger partial charge in [-0.3, -0.25) is 4.79 Å². The normalized spacial score (nSPS) is 10.9. The van der Waals surface area contributed by atoms with Crippen LogP contribution in [-0.4, -0.2) is 32.6 Å². The minimum atomic E-state index is -0.141. The largest absolute Gasteiger partial charge is 0.494 e. The molecule has 1 heterocycles. The molecule has 0 radical (unpaired) electrons. The Morgan fingerprint density at radius 1 is 1.18 bits per heavy atom. The molecule has 1 amide bonds. The predicted molar refractivity (Wildman–Crippen MR) is 114 cm³/mol. The molecule has 1 aromatic heterocycles. The second-order valence-corrected chi connectivity index (χ2v) is 7.08. The summed E-state index contributed by atoms with van der Waals surface area (Å²) in [6, 6.07) is 11.4. The average Bonchev–Trinajstić information content (AvgIpc) is 3.05. The quantitative estimate of drug-likeness (QED) is 0.641. The Balaban J connectivity index is 1.83. The molecule has 0 spiro atoms. The van der Waals surface area contributed by atoms with Gasteiger partial charge in [-0.25, -0.2) is 0 Å². The molecule has 8 heteroatoms. The monoisotopic (exact) mass is 397 g/mol. The zero-order chi connectivity index (χ0) is 20.3. The SMILES string of the molecule is CCOc1ccc(-n2nc3cc(C)c(NC(=S)NC(=O)C(C)C)cc3n2)cc1. The van der Waals surface area contributed by atoms with Crippen LogP contribution in [0.25, 0.3) is 16.7 Å². The van der Waals surface area contributed by atoms with Gasteiger partial charge in [0.05, 0.1) is 12.3 Å². The number of carbonyl (C=O) groups excluding carboxylic acids is 1. The van der Waals surface area contributed by atoms with Crippen molar-refractivity contribution in [1.29, 1.82) is 0 Å². The van der Waals surface area contributed by atoms with Crippen LogP contribution < -0.4 is 15.4 Å². The van der Waals surface area contributed by atoms with E-state index in [9.17, 15) is 4.79 Å². The number of ether oxygens (including phenoxy) is 1. The molecule has 0 fully saturated rings. The van der Waals surface area contributed by atoms with Gasteiger partial charge in [0, 0.05) is 11.6 Å². The van der Waals surface area contributed by atoms with E-state index in [1.54, 1.807) is 4.80 Å². The topological polar surface area (TPSA) is 81.1 Å². The summed E-state index contributed by atoms with van der Waals surface area (Å²) in [5, 5.41) is 15.1. The van der Waals surface area contributed by atoms with Crippen LogP contribution >= 0.6 is 12.2 Å². The van der Waals surface area contributed by atoms with E-state index in [0.29, 0.717) is 6.61 Å². The zero-order valence-electron chi connectivity index (χ0n) is 16.3. The number of amides is 1. The molecule has 0 unspecified atom stereocenters. The minimum absolute atomic E-state index is 0.127. The Kier molecular flexibility index (Phi) is 5.89. The standard InChI is InChI=1S/C20H23N5O2S/c1-5-27-15-8-6-14(7-9-15)25-23-17-10-13(4)16(11-18(17)24-25)21-20(28)22-19(26)12(2)3/h6-12H,5H2,1-4H3,(H2,21,22,26,28). The number of benzene rings is 2. The Morgan fingerprint density at radius 2 is 1.82 bits per heavy atom. The van der Waals surface area contributed by atoms with Gasteiger partial charge in [0.15, 0.2) is 5.11 Å². The molecule has 146 valence electrons. The van der Waals surface area contributed by atoms with E-state index >= 15 is 0 Å². The molecule has 7 nitrogen and oxygen atoms in total. The lowest BCUT2D eigenvalue weighted by Gasteiger charge is -2.12. The molecule has 28 heavy (non-hydrogen) atoms. The molecule has 0 bridgehead atoms. The maximum atomic E-state index is 11.8. The maximum absolute atomic E-state index is 11.8. The van der Waals surface area contributed by atoms with Crippen molar-refractivity contribution in [3.8, 4) is 11.4 Å². The van der Waals surface area contributed by atoms with Crippen molar-refractivity contribution in [3.05, 3.63) is 42.0 Å². The van der Waals surface area contributed by atoms with Crippen molar-refractivity contribution in [2.75, 3.05) is 11.9 Å². The number of hydrogen-bond acceptors (Lipinski definition) is 5. The third-order valence-corrected chi connectivity index (χ3v) is 4.32. The summed E-state index contributed by atoms with van der Waals surface area (Å²) in [4.78, 5) is 13.4. The van der Waals surface area contributed by atoms with Crippen molar-refractivity contribution in [2.45, 2.75) is 27.7 Å². The van der Waals surface area contributed by atoms with Crippen LogP contribution in [0.2, 0.25) is 0 Å². The summed E-state index contributed by atoms with van der Waals surface area (Å²) in [5.41, 5.74) is 4.06. The molecular weight excluding hydrogens is 374 g/mol. The number of thiocarbonyl (C=S) groups is 1. The van der Waals surface area contributed by atoms with Crippen LogP contribution in [0.3, 0.4) is 0 Å². The van der Waals surface area contributed by atoms with Gasteiger partial charge in [0.25, 0.3) is 0 Å².